The van der Waals surface area contributed by atoms with E-state index in [2.05, 4.69) is 29.9 Å². The van der Waals surface area contributed by atoms with E-state index in [4.69, 9.17) is 0 Å². The van der Waals surface area contributed by atoms with Crippen LogP contribution < -0.4 is 0 Å². The SMILES string of the molecule is [Pt].c1ccncc1.c1ccncc1.c1ccncc1.c1ccncc1.c1ccncc1.c1ccncc1. The van der Waals surface area contributed by atoms with Crippen molar-refractivity contribution in [1.29, 1.82) is 0 Å². The van der Waals surface area contributed by atoms with Crippen LogP contribution in [0.2, 0.25) is 0 Å². The molecule has 190 valence electrons. The summed E-state index contributed by atoms with van der Waals surface area (Å²) in [5.74, 6) is 0. The normalized spacial score (nSPS) is 7.78. The molecule has 0 N–H and O–H groups in total. The van der Waals surface area contributed by atoms with Gasteiger partial charge in [-0.25, -0.2) is 0 Å². The molecule has 0 saturated carbocycles. The van der Waals surface area contributed by atoms with Crippen LogP contribution in [0.3, 0.4) is 0 Å². The van der Waals surface area contributed by atoms with Gasteiger partial charge < -0.3 is 0 Å². The van der Waals surface area contributed by atoms with Gasteiger partial charge in [-0.3, -0.25) is 29.9 Å². The molecule has 0 unspecified atom stereocenters. The van der Waals surface area contributed by atoms with Crippen molar-refractivity contribution in [3.05, 3.63) is 184 Å². The molecule has 0 aliphatic rings. The molecule has 0 bridgehead atoms. The third kappa shape index (κ3) is 27.7. The van der Waals surface area contributed by atoms with E-state index in [9.17, 15) is 0 Å². The standard InChI is InChI=1S/6C5H5N.Pt/c6*1-2-4-6-5-3-1;/h6*1-5H;. The van der Waals surface area contributed by atoms with Crippen molar-refractivity contribution in [2.24, 2.45) is 0 Å². The Bertz CT molecular complexity index is 706. The monoisotopic (exact) mass is 669 g/mol. The average molecular weight is 670 g/mol. The second-order valence-corrected chi connectivity index (χ2v) is 6.15. The molecule has 0 aromatic carbocycles. The first-order chi connectivity index (χ1) is 18.0. The summed E-state index contributed by atoms with van der Waals surface area (Å²) in [5.41, 5.74) is 0. The van der Waals surface area contributed by atoms with Crippen molar-refractivity contribution in [3.63, 3.8) is 0 Å². The largest absolute Gasteiger partial charge is 0.265 e. The Kier molecular flexibility index (Phi) is 26.1. The number of pyridine rings is 6. The van der Waals surface area contributed by atoms with Gasteiger partial charge in [-0.1, -0.05) is 36.4 Å². The first-order valence-electron chi connectivity index (χ1n) is 11.1. The minimum Gasteiger partial charge on any atom is -0.265 e. The summed E-state index contributed by atoms with van der Waals surface area (Å²) >= 11 is 0. The van der Waals surface area contributed by atoms with E-state index < -0.39 is 0 Å². The smallest absolute Gasteiger partial charge is 0.0267 e. The van der Waals surface area contributed by atoms with Gasteiger partial charge in [0.1, 0.15) is 0 Å². The number of hydrogen-bond donors (Lipinski definition) is 0. The first-order valence-corrected chi connectivity index (χ1v) is 11.1. The molecule has 6 heterocycles. The summed E-state index contributed by atoms with van der Waals surface area (Å²) in [4.78, 5) is 22.7. The molecule has 37 heavy (non-hydrogen) atoms. The molecule has 0 fully saturated rings. The van der Waals surface area contributed by atoms with Crippen LogP contribution in [0.25, 0.3) is 0 Å². The number of aromatic nitrogens is 6. The van der Waals surface area contributed by atoms with Gasteiger partial charge in [0, 0.05) is 95.4 Å². The van der Waals surface area contributed by atoms with Crippen LogP contribution in [-0.2, 0) is 21.1 Å². The van der Waals surface area contributed by atoms with Crippen LogP contribution in [0.4, 0.5) is 0 Å². The maximum atomic E-state index is 3.78. The van der Waals surface area contributed by atoms with Crippen molar-refractivity contribution in [1.82, 2.24) is 29.9 Å². The molecular weight excluding hydrogens is 639 g/mol. The molecule has 6 aromatic heterocycles. The van der Waals surface area contributed by atoms with Crippen molar-refractivity contribution in [2.45, 2.75) is 0 Å². The fourth-order valence-corrected chi connectivity index (χ4v) is 1.88. The van der Waals surface area contributed by atoms with Gasteiger partial charge in [0.25, 0.3) is 0 Å². The Balaban J connectivity index is 0.000000418. The van der Waals surface area contributed by atoms with Crippen LogP contribution in [0, 0.1) is 0 Å². The summed E-state index contributed by atoms with van der Waals surface area (Å²) in [6.07, 6.45) is 21.0. The van der Waals surface area contributed by atoms with E-state index in [1.807, 2.05) is 109 Å². The third-order valence-electron chi connectivity index (χ3n) is 3.40. The molecule has 6 rings (SSSR count). The molecule has 0 radical (unpaired) electrons. The Morgan fingerprint density at radius 3 is 0.297 bits per heavy atom. The Hall–Kier alpha value is -4.41. The molecule has 7 heteroatoms. The quantitative estimate of drug-likeness (QED) is 0.184. The average Bonchev–Trinajstić information content (AvgIpc) is 3.04. The van der Waals surface area contributed by atoms with Crippen LogP contribution >= 0.6 is 0 Å². The predicted octanol–water partition coefficient (Wildman–Crippen LogP) is 6.49. The van der Waals surface area contributed by atoms with Crippen LogP contribution in [0.5, 0.6) is 0 Å². The second kappa shape index (κ2) is 29.6. The maximum absolute atomic E-state index is 3.78. The molecular formula is C30H30N6Pt. The van der Waals surface area contributed by atoms with Gasteiger partial charge in [-0.2, -0.15) is 0 Å². The van der Waals surface area contributed by atoms with Crippen molar-refractivity contribution < 1.29 is 21.1 Å². The first kappa shape index (κ1) is 32.6. The molecule has 0 aliphatic heterocycles. The van der Waals surface area contributed by atoms with Gasteiger partial charge in [0.15, 0.2) is 0 Å². The maximum Gasteiger partial charge on any atom is 0.0267 e. The zero-order valence-corrected chi connectivity index (χ0v) is 22.6. The van der Waals surface area contributed by atoms with E-state index in [1.54, 1.807) is 74.4 Å². The minimum absolute atomic E-state index is 0. The van der Waals surface area contributed by atoms with E-state index in [-0.39, 0.29) is 21.1 Å². The fraction of sp³-hybridized carbons (Fsp3) is 0. The molecule has 0 amide bonds. The summed E-state index contributed by atoms with van der Waals surface area (Å²) in [6.45, 7) is 0. The molecule has 0 aliphatic carbocycles. The fourth-order valence-electron chi connectivity index (χ4n) is 1.88. The molecule has 0 saturated heterocycles. The summed E-state index contributed by atoms with van der Waals surface area (Å²) in [5, 5.41) is 0. The van der Waals surface area contributed by atoms with E-state index in [0.717, 1.165) is 0 Å². The van der Waals surface area contributed by atoms with Crippen LogP contribution in [0.1, 0.15) is 0 Å². The molecule has 0 spiro atoms. The minimum atomic E-state index is 0. The summed E-state index contributed by atoms with van der Waals surface area (Å²) in [7, 11) is 0. The van der Waals surface area contributed by atoms with E-state index in [1.165, 1.54) is 0 Å². The Morgan fingerprint density at radius 2 is 0.270 bits per heavy atom. The van der Waals surface area contributed by atoms with Crippen molar-refractivity contribution >= 4 is 0 Å². The Morgan fingerprint density at radius 1 is 0.162 bits per heavy atom. The molecule has 0 atom stereocenters. The van der Waals surface area contributed by atoms with Gasteiger partial charge >= 0.3 is 0 Å². The van der Waals surface area contributed by atoms with Gasteiger partial charge in [-0.05, 0) is 72.8 Å². The number of rotatable bonds is 0. The van der Waals surface area contributed by atoms with Crippen LogP contribution in [0.15, 0.2) is 184 Å². The van der Waals surface area contributed by atoms with Crippen molar-refractivity contribution in [2.75, 3.05) is 0 Å². The van der Waals surface area contributed by atoms with Crippen molar-refractivity contribution in [3.8, 4) is 0 Å². The van der Waals surface area contributed by atoms with Gasteiger partial charge in [0.05, 0.1) is 0 Å². The Labute approximate surface area is 233 Å². The summed E-state index contributed by atoms with van der Waals surface area (Å²) in [6, 6.07) is 34.3. The van der Waals surface area contributed by atoms with Gasteiger partial charge in [0.2, 0.25) is 0 Å². The molecule has 6 aromatic rings. The zero-order valence-electron chi connectivity index (χ0n) is 20.3. The zero-order chi connectivity index (χ0) is 25.5. The third-order valence-corrected chi connectivity index (χ3v) is 3.40. The predicted molar refractivity (Wildman–Crippen MR) is 145 cm³/mol. The van der Waals surface area contributed by atoms with Crippen LogP contribution in [-0.4, -0.2) is 29.9 Å². The topological polar surface area (TPSA) is 77.3 Å². The number of hydrogen-bond acceptors (Lipinski definition) is 6. The summed E-state index contributed by atoms with van der Waals surface area (Å²) < 4.78 is 0. The van der Waals surface area contributed by atoms with E-state index >= 15 is 0 Å². The number of nitrogens with zero attached hydrogens (tertiary/aromatic N) is 6. The second-order valence-electron chi connectivity index (χ2n) is 6.15. The van der Waals surface area contributed by atoms with E-state index in [0.29, 0.717) is 0 Å². The molecule has 6 nitrogen and oxygen atoms in total. The van der Waals surface area contributed by atoms with Gasteiger partial charge in [-0.15, -0.1) is 0 Å².